The lowest BCUT2D eigenvalue weighted by Gasteiger charge is -2.09. The topological polar surface area (TPSA) is 17.3 Å². The number of nitrogens with zero attached hydrogens (tertiary/aromatic N) is 2. The predicted octanol–water partition coefficient (Wildman–Crippen LogP) is 6.00. The standard InChI is InChI=1S/C24H22N2S/c1-19-9-8-14-22(17-19)25-24-26(16-15-20-10-4-2-5-11-20)23(18-27-24)21-12-6-3-7-13-21/h2-14,17-18H,15-16H2,1H3. The molecule has 0 fully saturated rings. The first kappa shape index (κ1) is 17.5. The zero-order chi connectivity index (χ0) is 18.5. The monoisotopic (exact) mass is 370 g/mol. The quantitative estimate of drug-likeness (QED) is 0.410. The van der Waals surface area contributed by atoms with E-state index < -0.39 is 0 Å². The Labute approximate surface area is 164 Å². The molecule has 0 amide bonds. The van der Waals surface area contributed by atoms with E-state index in [9.17, 15) is 0 Å². The lowest BCUT2D eigenvalue weighted by atomic mass is 10.1. The molecule has 0 spiro atoms. The number of thiazole rings is 1. The zero-order valence-electron chi connectivity index (χ0n) is 15.4. The van der Waals surface area contributed by atoms with Crippen LogP contribution >= 0.6 is 11.3 Å². The Kier molecular flexibility index (Phi) is 5.31. The molecule has 3 aromatic carbocycles. The summed E-state index contributed by atoms with van der Waals surface area (Å²) in [7, 11) is 0. The van der Waals surface area contributed by atoms with Gasteiger partial charge in [0.05, 0.1) is 11.4 Å². The fourth-order valence-corrected chi connectivity index (χ4v) is 4.12. The van der Waals surface area contributed by atoms with E-state index in [4.69, 9.17) is 4.99 Å². The maximum atomic E-state index is 4.94. The van der Waals surface area contributed by atoms with Gasteiger partial charge in [-0.15, -0.1) is 11.3 Å². The van der Waals surface area contributed by atoms with Gasteiger partial charge in [-0.25, -0.2) is 4.99 Å². The molecule has 4 rings (SSSR count). The summed E-state index contributed by atoms with van der Waals surface area (Å²) >= 11 is 1.70. The summed E-state index contributed by atoms with van der Waals surface area (Å²) in [6.45, 7) is 3.01. The van der Waals surface area contributed by atoms with Crippen molar-refractivity contribution in [3.05, 3.63) is 106 Å². The molecule has 0 aliphatic heterocycles. The number of hydrogen-bond acceptors (Lipinski definition) is 2. The SMILES string of the molecule is Cc1cccc(N=c2scc(-c3ccccc3)n2CCc2ccccc2)c1. The lowest BCUT2D eigenvalue weighted by molar-refractivity contribution is 0.684. The van der Waals surface area contributed by atoms with E-state index >= 15 is 0 Å². The highest BCUT2D eigenvalue weighted by molar-refractivity contribution is 7.07. The Hall–Kier alpha value is -2.91. The van der Waals surface area contributed by atoms with Crippen LogP contribution in [-0.2, 0) is 13.0 Å². The summed E-state index contributed by atoms with van der Waals surface area (Å²) < 4.78 is 2.34. The average molecular weight is 371 g/mol. The van der Waals surface area contributed by atoms with Crippen LogP contribution in [0.4, 0.5) is 5.69 Å². The maximum absolute atomic E-state index is 4.94. The number of aryl methyl sites for hydroxylation is 2. The summed E-state index contributed by atoms with van der Waals surface area (Å²) in [6, 6.07) is 29.6. The first-order valence-corrected chi connectivity index (χ1v) is 10.1. The van der Waals surface area contributed by atoms with Crippen LogP contribution in [0.1, 0.15) is 11.1 Å². The Morgan fingerprint density at radius 1 is 0.852 bits per heavy atom. The normalized spacial score (nSPS) is 11.7. The van der Waals surface area contributed by atoms with Gasteiger partial charge in [0, 0.05) is 11.9 Å². The van der Waals surface area contributed by atoms with Crippen LogP contribution in [0.2, 0.25) is 0 Å². The van der Waals surface area contributed by atoms with Gasteiger partial charge < -0.3 is 4.57 Å². The molecule has 1 aromatic heterocycles. The van der Waals surface area contributed by atoms with Crippen molar-refractivity contribution in [2.45, 2.75) is 19.9 Å². The molecular weight excluding hydrogens is 348 g/mol. The van der Waals surface area contributed by atoms with Crippen LogP contribution in [0, 0.1) is 6.92 Å². The third-order valence-electron chi connectivity index (χ3n) is 4.56. The molecule has 0 bridgehead atoms. The van der Waals surface area contributed by atoms with E-state index in [1.54, 1.807) is 11.3 Å². The van der Waals surface area contributed by atoms with Crippen LogP contribution in [0.3, 0.4) is 0 Å². The third kappa shape index (κ3) is 4.26. The highest BCUT2D eigenvalue weighted by atomic mass is 32.1. The van der Waals surface area contributed by atoms with E-state index in [0.29, 0.717) is 0 Å². The zero-order valence-corrected chi connectivity index (χ0v) is 16.2. The Morgan fingerprint density at radius 2 is 1.59 bits per heavy atom. The number of rotatable bonds is 5. The van der Waals surface area contributed by atoms with Crippen molar-refractivity contribution >= 4 is 17.0 Å². The molecule has 0 saturated carbocycles. The van der Waals surface area contributed by atoms with E-state index in [1.807, 2.05) is 0 Å². The second-order valence-electron chi connectivity index (χ2n) is 6.61. The molecule has 0 saturated heterocycles. The fraction of sp³-hybridized carbons (Fsp3) is 0.125. The van der Waals surface area contributed by atoms with Crippen LogP contribution in [-0.4, -0.2) is 4.57 Å². The van der Waals surface area contributed by atoms with Crippen molar-refractivity contribution in [3.8, 4) is 11.3 Å². The molecule has 1 heterocycles. The molecule has 0 unspecified atom stereocenters. The minimum atomic E-state index is 0.905. The predicted molar refractivity (Wildman–Crippen MR) is 114 cm³/mol. The summed E-state index contributed by atoms with van der Waals surface area (Å²) in [4.78, 5) is 5.98. The third-order valence-corrected chi connectivity index (χ3v) is 5.42. The van der Waals surface area contributed by atoms with Crippen LogP contribution in [0.15, 0.2) is 95.3 Å². The highest BCUT2D eigenvalue weighted by Gasteiger charge is 2.08. The summed E-state index contributed by atoms with van der Waals surface area (Å²) in [6.07, 6.45) is 0.985. The minimum absolute atomic E-state index is 0.905. The molecule has 0 radical (unpaired) electrons. The highest BCUT2D eigenvalue weighted by Crippen LogP contribution is 2.21. The minimum Gasteiger partial charge on any atom is -0.316 e. The molecule has 4 aromatic rings. The molecule has 27 heavy (non-hydrogen) atoms. The van der Waals surface area contributed by atoms with Crippen molar-refractivity contribution in [1.29, 1.82) is 0 Å². The molecular formula is C24H22N2S. The number of benzene rings is 3. The molecule has 3 heteroatoms. The van der Waals surface area contributed by atoms with Crippen LogP contribution in [0.5, 0.6) is 0 Å². The Balaban J connectivity index is 1.76. The Morgan fingerprint density at radius 3 is 2.33 bits per heavy atom. The van der Waals surface area contributed by atoms with Gasteiger partial charge in [0.15, 0.2) is 4.80 Å². The van der Waals surface area contributed by atoms with Crippen LogP contribution in [0.25, 0.3) is 11.3 Å². The summed E-state index contributed by atoms with van der Waals surface area (Å²) in [5.41, 5.74) is 6.03. The van der Waals surface area contributed by atoms with Crippen molar-refractivity contribution in [2.75, 3.05) is 0 Å². The second-order valence-corrected chi connectivity index (χ2v) is 7.44. The summed E-state index contributed by atoms with van der Waals surface area (Å²) in [5.74, 6) is 0. The van der Waals surface area contributed by atoms with Gasteiger partial charge in [0.25, 0.3) is 0 Å². The first-order chi connectivity index (χ1) is 13.3. The molecule has 0 aliphatic carbocycles. The Bertz CT molecular complexity index is 1080. The van der Waals surface area contributed by atoms with E-state index in [0.717, 1.165) is 23.5 Å². The van der Waals surface area contributed by atoms with Gasteiger partial charge in [-0.05, 0) is 42.2 Å². The molecule has 0 N–H and O–H groups in total. The van der Waals surface area contributed by atoms with Gasteiger partial charge >= 0.3 is 0 Å². The average Bonchev–Trinajstić information content (AvgIpc) is 3.10. The van der Waals surface area contributed by atoms with E-state index in [2.05, 4.69) is 102 Å². The smallest absolute Gasteiger partial charge is 0.190 e. The lowest BCUT2D eigenvalue weighted by Crippen LogP contribution is -2.17. The number of aromatic nitrogens is 1. The van der Waals surface area contributed by atoms with Crippen molar-refractivity contribution in [3.63, 3.8) is 0 Å². The van der Waals surface area contributed by atoms with E-state index in [-0.39, 0.29) is 0 Å². The molecule has 134 valence electrons. The number of hydrogen-bond donors (Lipinski definition) is 0. The van der Waals surface area contributed by atoms with Gasteiger partial charge in [0.2, 0.25) is 0 Å². The molecule has 2 nitrogen and oxygen atoms in total. The largest absolute Gasteiger partial charge is 0.316 e. The molecule has 0 atom stereocenters. The van der Waals surface area contributed by atoms with Gasteiger partial charge in [0.1, 0.15) is 0 Å². The van der Waals surface area contributed by atoms with E-state index in [1.165, 1.54) is 22.4 Å². The van der Waals surface area contributed by atoms with Gasteiger partial charge in [-0.1, -0.05) is 72.8 Å². The van der Waals surface area contributed by atoms with Crippen molar-refractivity contribution in [2.24, 2.45) is 4.99 Å². The van der Waals surface area contributed by atoms with Crippen molar-refractivity contribution < 1.29 is 0 Å². The molecule has 0 aliphatic rings. The summed E-state index contributed by atoms with van der Waals surface area (Å²) in [5, 5.41) is 2.22. The van der Waals surface area contributed by atoms with Gasteiger partial charge in [-0.3, -0.25) is 0 Å². The fourth-order valence-electron chi connectivity index (χ4n) is 3.17. The van der Waals surface area contributed by atoms with Crippen LogP contribution < -0.4 is 4.80 Å². The maximum Gasteiger partial charge on any atom is 0.190 e. The second kappa shape index (κ2) is 8.19. The first-order valence-electron chi connectivity index (χ1n) is 9.19. The van der Waals surface area contributed by atoms with Gasteiger partial charge in [-0.2, -0.15) is 0 Å². The van der Waals surface area contributed by atoms with Crippen molar-refractivity contribution in [1.82, 2.24) is 4.57 Å².